The quantitative estimate of drug-likeness (QED) is 0.848. The SMILES string of the molecule is CN(Cc1cc2c(cc1N)OCCO2)c1ccc(O)cc1. The summed E-state index contributed by atoms with van der Waals surface area (Å²) in [5.41, 5.74) is 8.76. The van der Waals surface area contributed by atoms with Gasteiger partial charge in [0.1, 0.15) is 19.0 Å². The summed E-state index contributed by atoms with van der Waals surface area (Å²) in [6.07, 6.45) is 0. The van der Waals surface area contributed by atoms with Crippen molar-refractivity contribution in [3.8, 4) is 17.2 Å². The van der Waals surface area contributed by atoms with E-state index in [0.717, 1.165) is 17.0 Å². The molecule has 3 N–H and O–H groups in total. The van der Waals surface area contributed by atoms with Crippen molar-refractivity contribution >= 4 is 11.4 Å². The smallest absolute Gasteiger partial charge is 0.163 e. The first kappa shape index (κ1) is 13.4. The second-order valence-electron chi connectivity index (χ2n) is 5.07. The van der Waals surface area contributed by atoms with E-state index < -0.39 is 0 Å². The molecule has 0 aliphatic carbocycles. The summed E-state index contributed by atoms with van der Waals surface area (Å²) in [5.74, 6) is 1.70. The summed E-state index contributed by atoms with van der Waals surface area (Å²) >= 11 is 0. The van der Waals surface area contributed by atoms with E-state index in [2.05, 4.69) is 4.90 Å². The molecule has 0 atom stereocenters. The molecular formula is C16H18N2O3. The second kappa shape index (κ2) is 5.44. The van der Waals surface area contributed by atoms with Crippen LogP contribution < -0.4 is 20.1 Å². The van der Waals surface area contributed by atoms with E-state index in [1.807, 2.05) is 31.3 Å². The molecule has 0 fully saturated rings. The van der Waals surface area contributed by atoms with Gasteiger partial charge in [-0.25, -0.2) is 0 Å². The van der Waals surface area contributed by atoms with E-state index >= 15 is 0 Å². The van der Waals surface area contributed by atoms with Gasteiger partial charge < -0.3 is 25.2 Å². The fraction of sp³-hybridized carbons (Fsp3) is 0.250. The van der Waals surface area contributed by atoms with Crippen LogP contribution in [0, 0.1) is 0 Å². The van der Waals surface area contributed by atoms with Gasteiger partial charge in [0.2, 0.25) is 0 Å². The van der Waals surface area contributed by atoms with Crippen molar-refractivity contribution in [2.24, 2.45) is 0 Å². The average molecular weight is 286 g/mol. The first-order chi connectivity index (χ1) is 10.1. The van der Waals surface area contributed by atoms with Gasteiger partial charge in [-0.2, -0.15) is 0 Å². The van der Waals surface area contributed by atoms with Crippen molar-refractivity contribution in [2.75, 3.05) is 30.9 Å². The highest BCUT2D eigenvalue weighted by Crippen LogP contribution is 2.35. The van der Waals surface area contributed by atoms with Crippen LogP contribution in [0.1, 0.15) is 5.56 Å². The van der Waals surface area contributed by atoms with Crippen LogP contribution in [-0.2, 0) is 6.54 Å². The van der Waals surface area contributed by atoms with Crippen LogP contribution in [0.5, 0.6) is 17.2 Å². The van der Waals surface area contributed by atoms with E-state index in [1.165, 1.54) is 0 Å². The van der Waals surface area contributed by atoms with Crippen LogP contribution >= 0.6 is 0 Å². The maximum absolute atomic E-state index is 9.34. The Kier molecular flexibility index (Phi) is 3.48. The van der Waals surface area contributed by atoms with Crippen LogP contribution in [0.2, 0.25) is 0 Å². The van der Waals surface area contributed by atoms with Gasteiger partial charge in [0, 0.05) is 31.0 Å². The molecule has 5 nitrogen and oxygen atoms in total. The Morgan fingerprint density at radius 2 is 1.71 bits per heavy atom. The normalized spacial score (nSPS) is 13.0. The van der Waals surface area contributed by atoms with Crippen LogP contribution in [0.3, 0.4) is 0 Å². The van der Waals surface area contributed by atoms with Crippen molar-refractivity contribution in [2.45, 2.75) is 6.54 Å². The second-order valence-corrected chi connectivity index (χ2v) is 5.07. The van der Waals surface area contributed by atoms with Gasteiger partial charge >= 0.3 is 0 Å². The lowest BCUT2D eigenvalue weighted by molar-refractivity contribution is 0.171. The van der Waals surface area contributed by atoms with Gasteiger partial charge in [-0.05, 0) is 35.9 Å². The van der Waals surface area contributed by atoms with Gasteiger partial charge in [0.15, 0.2) is 11.5 Å². The van der Waals surface area contributed by atoms with Crippen molar-refractivity contribution in [1.82, 2.24) is 0 Å². The predicted octanol–water partition coefficient (Wildman–Crippen LogP) is 2.38. The fourth-order valence-electron chi connectivity index (χ4n) is 2.34. The molecule has 0 saturated heterocycles. The van der Waals surface area contributed by atoms with Gasteiger partial charge in [-0.3, -0.25) is 0 Å². The Labute approximate surface area is 123 Å². The predicted molar refractivity (Wildman–Crippen MR) is 82.1 cm³/mol. The topological polar surface area (TPSA) is 68.0 Å². The number of nitrogens with zero attached hydrogens (tertiary/aromatic N) is 1. The van der Waals surface area contributed by atoms with Crippen molar-refractivity contribution in [1.29, 1.82) is 0 Å². The van der Waals surface area contributed by atoms with E-state index in [4.69, 9.17) is 15.2 Å². The Bertz CT molecular complexity index is 641. The molecular weight excluding hydrogens is 268 g/mol. The molecule has 0 aromatic heterocycles. The third-order valence-corrected chi connectivity index (χ3v) is 3.50. The monoisotopic (exact) mass is 286 g/mol. The lowest BCUT2D eigenvalue weighted by atomic mass is 10.1. The van der Waals surface area contributed by atoms with Crippen molar-refractivity contribution < 1.29 is 14.6 Å². The van der Waals surface area contributed by atoms with Gasteiger partial charge in [0.05, 0.1) is 0 Å². The van der Waals surface area contributed by atoms with E-state index in [1.54, 1.807) is 12.1 Å². The number of hydrogen-bond donors (Lipinski definition) is 2. The number of benzene rings is 2. The summed E-state index contributed by atoms with van der Waals surface area (Å²) in [5, 5.41) is 9.34. The fourth-order valence-corrected chi connectivity index (χ4v) is 2.34. The third-order valence-electron chi connectivity index (χ3n) is 3.50. The third kappa shape index (κ3) is 2.81. The zero-order chi connectivity index (χ0) is 14.8. The molecule has 0 amide bonds. The number of rotatable bonds is 3. The van der Waals surface area contributed by atoms with Crippen LogP contribution in [0.4, 0.5) is 11.4 Å². The summed E-state index contributed by atoms with van der Waals surface area (Å²) in [6, 6.07) is 10.8. The lowest BCUT2D eigenvalue weighted by Gasteiger charge is -2.23. The van der Waals surface area contributed by atoms with Gasteiger partial charge in [-0.1, -0.05) is 0 Å². The van der Waals surface area contributed by atoms with E-state index in [-0.39, 0.29) is 5.75 Å². The molecule has 2 aromatic carbocycles. The van der Waals surface area contributed by atoms with E-state index in [0.29, 0.717) is 31.2 Å². The Hall–Kier alpha value is -2.56. The van der Waals surface area contributed by atoms with Crippen LogP contribution in [0.25, 0.3) is 0 Å². The summed E-state index contributed by atoms with van der Waals surface area (Å²) in [6.45, 7) is 1.76. The molecule has 0 saturated carbocycles. The molecule has 1 aliphatic heterocycles. The largest absolute Gasteiger partial charge is 0.508 e. The first-order valence-corrected chi connectivity index (χ1v) is 6.81. The van der Waals surface area contributed by atoms with E-state index in [9.17, 15) is 5.11 Å². The number of hydrogen-bond acceptors (Lipinski definition) is 5. The number of phenols is 1. The highest BCUT2D eigenvalue weighted by Gasteiger charge is 2.15. The molecule has 0 unspecified atom stereocenters. The molecule has 3 rings (SSSR count). The molecule has 0 spiro atoms. The minimum atomic E-state index is 0.256. The molecule has 1 heterocycles. The van der Waals surface area contributed by atoms with Gasteiger partial charge in [0.25, 0.3) is 0 Å². The number of ether oxygens (including phenoxy) is 2. The average Bonchev–Trinajstić information content (AvgIpc) is 2.48. The van der Waals surface area contributed by atoms with Gasteiger partial charge in [-0.15, -0.1) is 0 Å². The number of nitrogens with two attached hydrogens (primary N) is 1. The number of nitrogen functional groups attached to an aromatic ring is 1. The number of anilines is 2. The zero-order valence-electron chi connectivity index (χ0n) is 11.9. The molecule has 0 bridgehead atoms. The highest BCUT2D eigenvalue weighted by molar-refractivity contribution is 5.60. The highest BCUT2D eigenvalue weighted by atomic mass is 16.6. The zero-order valence-corrected chi connectivity index (χ0v) is 11.9. The summed E-state index contributed by atoms with van der Waals surface area (Å²) in [4.78, 5) is 2.06. The Balaban J connectivity index is 1.82. The van der Waals surface area contributed by atoms with Crippen molar-refractivity contribution in [3.05, 3.63) is 42.0 Å². The lowest BCUT2D eigenvalue weighted by Crippen LogP contribution is -2.19. The molecule has 5 heteroatoms. The minimum Gasteiger partial charge on any atom is -0.508 e. The number of fused-ring (bicyclic) bond motifs is 1. The summed E-state index contributed by atoms with van der Waals surface area (Å²) in [7, 11) is 1.97. The molecule has 1 aliphatic rings. The Morgan fingerprint density at radius 3 is 2.38 bits per heavy atom. The van der Waals surface area contributed by atoms with Crippen LogP contribution in [0.15, 0.2) is 36.4 Å². The standard InChI is InChI=1S/C16H18N2O3/c1-18(12-2-4-13(19)5-3-12)10-11-8-15-16(9-14(11)17)21-7-6-20-15/h2-5,8-9,19H,6-7,10,17H2,1H3. The first-order valence-electron chi connectivity index (χ1n) is 6.81. The van der Waals surface area contributed by atoms with Crippen LogP contribution in [-0.4, -0.2) is 25.4 Å². The maximum Gasteiger partial charge on any atom is 0.163 e. The maximum atomic E-state index is 9.34. The molecule has 0 radical (unpaired) electrons. The summed E-state index contributed by atoms with van der Waals surface area (Å²) < 4.78 is 11.1. The number of phenolic OH excluding ortho intramolecular Hbond substituents is 1. The molecule has 110 valence electrons. The molecule has 2 aromatic rings. The number of aromatic hydroxyl groups is 1. The Morgan fingerprint density at radius 1 is 1.10 bits per heavy atom. The minimum absolute atomic E-state index is 0.256. The molecule has 21 heavy (non-hydrogen) atoms. The van der Waals surface area contributed by atoms with Crippen molar-refractivity contribution in [3.63, 3.8) is 0 Å².